The van der Waals surface area contributed by atoms with E-state index in [1.54, 1.807) is 30.3 Å². The van der Waals surface area contributed by atoms with Gasteiger partial charge >= 0.3 is 5.63 Å². The number of hydrogen-bond donors (Lipinski definition) is 1. The lowest BCUT2D eigenvalue weighted by Gasteiger charge is -2.07. The first-order valence-electron chi connectivity index (χ1n) is 8.05. The molecule has 0 fully saturated rings. The maximum absolute atomic E-state index is 12.3. The van der Waals surface area contributed by atoms with E-state index in [0.29, 0.717) is 16.7 Å². The van der Waals surface area contributed by atoms with Crippen LogP contribution in [0.4, 0.5) is 5.69 Å². The zero-order valence-electron chi connectivity index (χ0n) is 13.9. The van der Waals surface area contributed by atoms with E-state index in [0.717, 1.165) is 9.56 Å². The number of aromatic nitrogens is 2. The molecule has 1 aromatic carbocycles. The predicted molar refractivity (Wildman–Crippen MR) is 103 cm³/mol. The normalized spacial score (nSPS) is 10.8. The summed E-state index contributed by atoms with van der Waals surface area (Å²) in [7, 11) is 0. The van der Waals surface area contributed by atoms with E-state index in [1.165, 1.54) is 23.5 Å². The van der Waals surface area contributed by atoms with Crippen LogP contribution in [0.5, 0.6) is 0 Å². The Kier molecular flexibility index (Phi) is 4.39. The van der Waals surface area contributed by atoms with Gasteiger partial charge in [-0.15, -0.1) is 11.3 Å². The van der Waals surface area contributed by atoms with Crippen LogP contribution in [0.3, 0.4) is 0 Å². The maximum Gasteiger partial charge on any atom is 0.360 e. The topological polar surface area (TPSA) is 94.2 Å². The summed E-state index contributed by atoms with van der Waals surface area (Å²) < 4.78 is 6.25. The minimum absolute atomic E-state index is 0.0150. The number of hydrogen-bond acceptors (Lipinski definition) is 6. The van der Waals surface area contributed by atoms with Crippen LogP contribution in [0.1, 0.15) is 0 Å². The summed E-state index contributed by atoms with van der Waals surface area (Å²) in [6.45, 7) is -0.315. The van der Waals surface area contributed by atoms with Gasteiger partial charge in [0.25, 0.3) is 5.56 Å². The van der Waals surface area contributed by atoms with Crippen LogP contribution < -0.4 is 16.5 Å². The summed E-state index contributed by atoms with van der Waals surface area (Å²) in [5.74, 6) is -0.546. The van der Waals surface area contributed by atoms with Crippen molar-refractivity contribution in [3.05, 3.63) is 80.8 Å². The fourth-order valence-corrected chi connectivity index (χ4v) is 3.28. The third-order valence-corrected chi connectivity index (χ3v) is 4.74. The van der Waals surface area contributed by atoms with E-state index < -0.39 is 17.1 Å². The molecule has 3 heterocycles. The Bertz CT molecular complexity index is 1240. The fraction of sp³-hybridized carbons (Fsp3) is 0.0526. The minimum atomic E-state index is -0.658. The number of benzene rings is 1. The van der Waals surface area contributed by atoms with Crippen molar-refractivity contribution in [2.75, 3.05) is 5.32 Å². The van der Waals surface area contributed by atoms with Gasteiger partial charge in [0.1, 0.15) is 23.5 Å². The number of nitrogens with zero attached hydrogens (tertiary/aromatic N) is 2. The molecule has 0 atom stereocenters. The van der Waals surface area contributed by atoms with Gasteiger partial charge in [-0.1, -0.05) is 24.3 Å². The molecule has 0 saturated carbocycles. The molecule has 3 aromatic heterocycles. The molecule has 0 spiro atoms. The number of nitrogens with one attached hydrogen (secondary N) is 1. The molecule has 8 heteroatoms. The molecule has 0 saturated heterocycles. The van der Waals surface area contributed by atoms with E-state index in [9.17, 15) is 14.4 Å². The zero-order valence-corrected chi connectivity index (χ0v) is 14.7. The first kappa shape index (κ1) is 16.9. The van der Waals surface area contributed by atoms with E-state index in [-0.39, 0.29) is 12.2 Å². The second-order valence-electron chi connectivity index (χ2n) is 5.73. The molecule has 7 nitrogen and oxygen atoms in total. The molecule has 1 amide bonds. The van der Waals surface area contributed by atoms with Crippen LogP contribution >= 0.6 is 11.3 Å². The van der Waals surface area contributed by atoms with Crippen LogP contribution in [0.15, 0.2) is 74.0 Å². The van der Waals surface area contributed by atoms with Crippen molar-refractivity contribution >= 4 is 33.9 Å². The monoisotopic (exact) mass is 379 g/mol. The van der Waals surface area contributed by atoms with Crippen molar-refractivity contribution in [2.24, 2.45) is 0 Å². The van der Waals surface area contributed by atoms with Gasteiger partial charge in [0, 0.05) is 11.5 Å². The highest BCUT2D eigenvalue weighted by Crippen LogP contribution is 2.21. The van der Waals surface area contributed by atoms with Crippen LogP contribution in [0.2, 0.25) is 0 Å². The summed E-state index contributed by atoms with van der Waals surface area (Å²) >= 11 is 1.48. The molecule has 4 aromatic rings. The van der Waals surface area contributed by atoms with Crippen molar-refractivity contribution in [2.45, 2.75) is 6.54 Å². The highest BCUT2D eigenvalue weighted by Gasteiger charge is 2.12. The lowest BCUT2D eigenvalue weighted by atomic mass is 10.2. The van der Waals surface area contributed by atoms with Crippen LogP contribution in [0.25, 0.3) is 21.5 Å². The Morgan fingerprint density at radius 2 is 1.96 bits per heavy atom. The van der Waals surface area contributed by atoms with Gasteiger partial charge in [0.2, 0.25) is 5.91 Å². The largest absolute Gasteiger partial charge is 0.421 e. The smallest absolute Gasteiger partial charge is 0.360 e. The van der Waals surface area contributed by atoms with Crippen molar-refractivity contribution in [1.29, 1.82) is 0 Å². The van der Waals surface area contributed by atoms with Gasteiger partial charge in [0.15, 0.2) is 0 Å². The predicted octanol–water partition coefficient (Wildman–Crippen LogP) is 2.72. The number of fused-ring (bicyclic) bond motifs is 1. The first-order valence-corrected chi connectivity index (χ1v) is 8.93. The van der Waals surface area contributed by atoms with Crippen molar-refractivity contribution in [3.63, 3.8) is 0 Å². The number of anilines is 1. The van der Waals surface area contributed by atoms with Gasteiger partial charge in [-0.2, -0.15) is 5.10 Å². The molecule has 134 valence electrons. The first-order chi connectivity index (χ1) is 13.1. The summed E-state index contributed by atoms with van der Waals surface area (Å²) in [6.07, 6.45) is 0. The molecule has 0 aliphatic heterocycles. The summed E-state index contributed by atoms with van der Waals surface area (Å²) in [4.78, 5) is 37.3. The van der Waals surface area contributed by atoms with Gasteiger partial charge in [-0.3, -0.25) is 9.59 Å². The Labute approximate surface area is 156 Å². The van der Waals surface area contributed by atoms with Gasteiger partial charge in [-0.25, -0.2) is 9.48 Å². The number of para-hydroxylation sites is 1. The molecule has 0 aliphatic carbocycles. The Hall–Kier alpha value is -3.52. The van der Waals surface area contributed by atoms with Gasteiger partial charge in [-0.05, 0) is 29.6 Å². The minimum Gasteiger partial charge on any atom is -0.421 e. The molecule has 0 radical (unpaired) electrons. The molecule has 0 bridgehead atoms. The van der Waals surface area contributed by atoms with Crippen molar-refractivity contribution < 1.29 is 9.21 Å². The average molecular weight is 379 g/mol. The number of carbonyl (C=O) groups is 1. The summed E-state index contributed by atoms with van der Waals surface area (Å²) in [5.41, 5.74) is -0.0171. The molecule has 4 rings (SSSR count). The third-order valence-electron chi connectivity index (χ3n) is 3.85. The van der Waals surface area contributed by atoms with Crippen LogP contribution in [-0.2, 0) is 11.3 Å². The molecule has 0 unspecified atom stereocenters. The standard InChI is InChI=1S/C19H13N3O4S/c23-17(20-14-10-12-4-1-2-5-15(12)26-19(14)25)11-22-18(24)8-7-13(21-22)16-6-3-9-27-16/h1-10H,11H2,(H,20,23). The highest BCUT2D eigenvalue weighted by molar-refractivity contribution is 7.13. The lowest BCUT2D eigenvalue weighted by molar-refractivity contribution is -0.117. The number of thiophene rings is 1. The van der Waals surface area contributed by atoms with Gasteiger partial charge < -0.3 is 9.73 Å². The average Bonchev–Trinajstić information content (AvgIpc) is 3.19. The quantitative estimate of drug-likeness (QED) is 0.550. The van der Waals surface area contributed by atoms with E-state index in [1.807, 2.05) is 17.5 Å². The Balaban J connectivity index is 1.58. The summed E-state index contributed by atoms with van der Waals surface area (Å²) in [5, 5.41) is 9.29. The summed E-state index contributed by atoms with van der Waals surface area (Å²) in [6, 6.07) is 15.3. The molecular formula is C19H13N3O4S. The third kappa shape index (κ3) is 3.56. The van der Waals surface area contributed by atoms with Crippen LogP contribution in [-0.4, -0.2) is 15.7 Å². The Morgan fingerprint density at radius 3 is 2.78 bits per heavy atom. The maximum atomic E-state index is 12.3. The van der Waals surface area contributed by atoms with Crippen molar-refractivity contribution in [1.82, 2.24) is 9.78 Å². The van der Waals surface area contributed by atoms with Crippen LogP contribution in [0, 0.1) is 0 Å². The molecular weight excluding hydrogens is 366 g/mol. The second-order valence-corrected chi connectivity index (χ2v) is 6.67. The number of amides is 1. The number of rotatable bonds is 4. The van der Waals surface area contributed by atoms with E-state index >= 15 is 0 Å². The van der Waals surface area contributed by atoms with Gasteiger partial charge in [0.05, 0.1) is 4.88 Å². The molecule has 0 aliphatic rings. The van der Waals surface area contributed by atoms with E-state index in [2.05, 4.69) is 10.4 Å². The molecule has 1 N–H and O–H groups in total. The van der Waals surface area contributed by atoms with Crippen molar-refractivity contribution in [3.8, 4) is 10.6 Å². The Morgan fingerprint density at radius 1 is 1.11 bits per heavy atom. The SMILES string of the molecule is O=C(Cn1nc(-c2cccs2)ccc1=O)Nc1cc2ccccc2oc1=O. The van der Waals surface area contributed by atoms with E-state index in [4.69, 9.17) is 4.42 Å². The second kappa shape index (κ2) is 7.00. The highest BCUT2D eigenvalue weighted by atomic mass is 32.1. The molecule has 27 heavy (non-hydrogen) atoms. The fourth-order valence-electron chi connectivity index (χ4n) is 2.59. The zero-order chi connectivity index (χ0) is 18.8. The lowest BCUT2D eigenvalue weighted by Crippen LogP contribution is -2.30. The number of carbonyl (C=O) groups excluding carboxylic acids is 1.